The maximum Gasteiger partial charge on any atom is 0.192 e. The van der Waals surface area contributed by atoms with E-state index >= 15 is 0 Å². The number of rotatable bonds is 7. The van der Waals surface area contributed by atoms with E-state index in [1.807, 2.05) is 20.0 Å². The predicted octanol–water partition coefficient (Wildman–Crippen LogP) is 4.95. The van der Waals surface area contributed by atoms with Gasteiger partial charge in [-0.25, -0.2) is 4.98 Å². The van der Waals surface area contributed by atoms with Crippen molar-refractivity contribution in [2.75, 3.05) is 6.54 Å². The number of nitrogens with one attached hydrogen (secondary N) is 2. The molecule has 0 amide bonds. The van der Waals surface area contributed by atoms with E-state index in [1.54, 1.807) is 0 Å². The Bertz CT molecular complexity index is 753. The Balaban J connectivity index is 1.82. The van der Waals surface area contributed by atoms with Gasteiger partial charge in [-0.05, 0) is 44.6 Å². The Morgan fingerprint density at radius 1 is 1.40 bits per heavy atom. The van der Waals surface area contributed by atoms with Crippen LogP contribution in [0.25, 0.3) is 5.57 Å². The number of aromatic nitrogens is 1. The van der Waals surface area contributed by atoms with E-state index in [4.69, 9.17) is 9.83 Å². The summed E-state index contributed by atoms with van der Waals surface area (Å²) in [4.78, 5) is 4.84. The average Bonchev–Trinajstić information content (AvgIpc) is 3.29. The van der Waals surface area contributed by atoms with Gasteiger partial charge in [-0.1, -0.05) is 33.7 Å². The van der Waals surface area contributed by atoms with Crippen molar-refractivity contribution >= 4 is 27.2 Å². The summed E-state index contributed by atoms with van der Waals surface area (Å²) in [5.74, 6) is 2.33. The molecule has 1 unspecified atom stereocenters. The molecular weight excluding hydrogens is 378 g/mol. The molecular formula is C20H26BrN3O. The summed E-state index contributed by atoms with van der Waals surface area (Å²) in [6, 6.07) is 0. The van der Waals surface area contributed by atoms with E-state index in [2.05, 4.69) is 45.3 Å². The highest BCUT2D eigenvalue weighted by Gasteiger charge is 2.24. The zero-order chi connectivity index (χ0) is 18.0. The Morgan fingerprint density at radius 2 is 2.16 bits per heavy atom. The van der Waals surface area contributed by atoms with Crippen LogP contribution in [-0.2, 0) is 6.42 Å². The van der Waals surface area contributed by atoms with Gasteiger partial charge in [0, 0.05) is 42.2 Å². The monoisotopic (exact) mass is 403 g/mol. The molecule has 0 spiro atoms. The predicted molar refractivity (Wildman–Crippen MR) is 106 cm³/mol. The van der Waals surface area contributed by atoms with E-state index in [9.17, 15) is 0 Å². The molecule has 1 aromatic rings. The lowest BCUT2D eigenvalue weighted by atomic mass is 9.95. The quantitative estimate of drug-likeness (QED) is 0.500. The van der Waals surface area contributed by atoms with Gasteiger partial charge >= 0.3 is 0 Å². The van der Waals surface area contributed by atoms with Crippen molar-refractivity contribution in [3.05, 3.63) is 46.8 Å². The van der Waals surface area contributed by atoms with Gasteiger partial charge in [0.2, 0.25) is 0 Å². The normalized spacial score (nSPS) is 21.0. The summed E-state index contributed by atoms with van der Waals surface area (Å²) >= 11 is 3.77. The molecule has 0 radical (unpaired) electrons. The van der Waals surface area contributed by atoms with Crippen LogP contribution in [0.5, 0.6) is 0 Å². The highest BCUT2D eigenvalue weighted by Crippen LogP contribution is 2.35. The van der Waals surface area contributed by atoms with Crippen molar-refractivity contribution in [3.63, 3.8) is 0 Å². The van der Waals surface area contributed by atoms with E-state index < -0.39 is 0 Å². The second kappa shape index (κ2) is 7.73. The van der Waals surface area contributed by atoms with E-state index in [0.717, 1.165) is 41.5 Å². The summed E-state index contributed by atoms with van der Waals surface area (Å²) in [5, 5.41) is 11.5. The Morgan fingerprint density at radius 3 is 2.80 bits per heavy atom. The summed E-state index contributed by atoms with van der Waals surface area (Å²) in [6.45, 7) is 6.85. The summed E-state index contributed by atoms with van der Waals surface area (Å²) in [7, 11) is 0. The number of hydrogen-bond acceptors (Lipinski definition) is 4. The molecule has 0 saturated heterocycles. The van der Waals surface area contributed by atoms with Crippen LogP contribution < -0.4 is 5.32 Å². The molecule has 3 rings (SSSR count). The summed E-state index contributed by atoms with van der Waals surface area (Å²) in [6.07, 6.45) is 10.5. The van der Waals surface area contributed by atoms with Crippen LogP contribution in [0.15, 0.2) is 33.9 Å². The number of aryl methyl sites for hydroxylation is 1. The highest BCUT2D eigenvalue weighted by atomic mass is 79.9. The zero-order valence-corrected chi connectivity index (χ0v) is 16.7. The molecule has 1 atom stereocenters. The molecule has 2 aliphatic carbocycles. The first-order valence-corrected chi connectivity index (χ1v) is 9.81. The van der Waals surface area contributed by atoms with Gasteiger partial charge in [-0.2, -0.15) is 0 Å². The average molecular weight is 404 g/mol. The smallest absolute Gasteiger partial charge is 0.192 e. The molecule has 1 heterocycles. The molecule has 1 fully saturated rings. The van der Waals surface area contributed by atoms with Crippen molar-refractivity contribution in [2.45, 2.75) is 51.3 Å². The fourth-order valence-corrected chi connectivity index (χ4v) is 3.84. The lowest BCUT2D eigenvalue weighted by molar-refractivity contribution is 0.507. The molecule has 5 heteroatoms. The van der Waals surface area contributed by atoms with Crippen molar-refractivity contribution in [1.29, 1.82) is 5.41 Å². The largest absolute Gasteiger partial charge is 0.441 e. The summed E-state index contributed by atoms with van der Waals surface area (Å²) < 4.78 is 5.94. The Hall–Kier alpha value is -1.62. The molecule has 134 valence electrons. The van der Waals surface area contributed by atoms with Crippen molar-refractivity contribution in [2.24, 2.45) is 5.92 Å². The van der Waals surface area contributed by atoms with Crippen molar-refractivity contribution in [1.82, 2.24) is 10.3 Å². The third-order valence-corrected chi connectivity index (χ3v) is 5.49. The van der Waals surface area contributed by atoms with Crippen molar-refractivity contribution < 1.29 is 4.42 Å². The molecule has 25 heavy (non-hydrogen) atoms. The third kappa shape index (κ3) is 4.72. The zero-order valence-electron chi connectivity index (χ0n) is 15.2. The molecule has 0 aromatic carbocycles. The standard InChI is InChI=1S/C20H26BrN3O/c1-12-4-7-17(18(21)8-12)20-19(24-14(3)25-20)9-16(13(2)22)11-23-10-15-5-6-15/h4,7,11,15,18,22-23H,5-6,8-10H2,1-3H3/b16-11-,22-13?. The second-order valence-corrected chi connectivity index (χ2v) is 8.24. The molecule has 0 bridgehead atoms. The van der Waals surface area contributed by atoms with Gasteiger partial charge in [0.05, 0.1) is 5.69 Å². The van der Waals surface area contributed by atoms with Gasteiger partial charge in [-0.3, -0.25) is 0 Å². The van der Waals surface area contributed by atoms with Crippen molar-refractivity contribution in [3.8, 4) is 0 Å². The first-order valence-electron chi connectivity index (χ1n) is 8.90. The first kappa shape index (κ1) is 18.2. The number of alkyl halides is 1. The number of hydrogen-bond donors (Lipinski definition) is 2. The van der Waals surface area contributed by atoms with E-state index in [0.29, 0.717) is 18.0 Å². The maximum atomic E-state index is 8.09. The van der Waals surface area contributed by atoms with Crippen LogP contribution in [0.1, 0.15) is 50.5 Å². The van der Waals surface area contributed by atoms with E-state index in [1.165, 1.54) is 18.4 Å². The van der Waals surface area contributed by atoms with Crippen LogP contribution in [0.3, 0.4) is 0 Å². The SMILES string of the molecule is CC(=N)/C(=C\NCC1CC1)Cc1nc(C)oc1C1=CC=C(C)CC1Br. The third-order valence-electron chi connectivity index (χ3n) is 4.67. The molecule has 1 aromatic heterocycles. The van der Waals surface area contributed by atoms with Gasteiger partial charge in [-0.15, -0.1) is 0 Å². The van der Waals surface area contributed by atoms with Gasteiger partial charge in [0.25, 0.3) is 0 Å². The maximum absolute atomic E-state index is 8.09. The summed E-state index contributed by atoms with van der Waals surface area (Å²) in [5.41, 5.74) is 4.92. The van der Waals surface area contributed by atoms with Crippen LogP contribution >= 0.6 is 15.9 Å². The number of nitrogens with zero attached hydrogens (tertiary/aromatic N) is 1. The number of halogens is 1. The fraction of sp³-hybridized carbons (Fsp3) is 0.500. The van der Waals surface area contributed by atoms with E-state index in [-0.39, 0.29) is 4.83 Å². The fourth-order valence-electron chi connectivity index (χ4n) is 2.97. The molecule has 2 N–H and O–H groups in total. The van der Waals surface area contributed by atoms with Crippen LogP contribution in [-0.4, -0.2) is 22.1 Å². The van der Waals surface area contributed by atoms with Gasteiger partial charge in [0.15, 0.2) is 11.7 Å². The Labute approximate surface area is 158 Å². The minimum atomic E-state index is 0.241. The first-order chi connectivity index (χ1) is 11.9. The topological polar surface area (TPSA) is 61.9 Å². The Kier molecular flexibility index (Phi) is 5.62. The van der Waals surface area contributed by atoms with Gasteiger partial charge < -0.3 is 15.1 Å². The lowest BCUT2D eigenvalue weighted by Crippen LogP contribution is -2.14. The number of oxazole rings is 1. The van der Waals surface area contributed by atoms with Crippen LogP contribution in [0.4, 0.5) is 0 Å². The minimum absolute atomic E-state index is 0.241. The molecule has 0 aliphatic heterocycles. The van der Waals surface area contributed by atoms with Gasteiger partial charge in [0.1, 0.15) is 0 Å². The van der Waals surface area contributed by atoms with Crippen LogP contribution in [0.2, 0.25) is 0 Å². The molecule has 2 aliphatic rings. The van der Waals surface area contributed by atoms with Crippen LogP contribution in [0, 0.1) is 18.3 Å². The highest BCUT2D eigenvalue weighted by molar-refractivity contribution is 9.09. The second-order valence-electron chi connectivity index (χ2n) is 7.14. The minimum Gasteiger partial charge on any atom is -0.441 e. The molecule has 1 saturated carbocycles. The lowest BCUT2D eigenvalue weighted by Gasteiger charge is -2.17. The number of allylic oxidation sites excluding steroid dienone is 5. The molecule has 4 nitrogen and oxygen atoms in total.